The zero-order valence-electron chi connectivity index (χ0n) is 13.1. The second-order valence-corrected chi connectivity index (χ2v) is 5.87. The van der Waals surface area contributed by atoms with Crippen LogP contribution in [0.2, 0.25) is 5.02 Å². The Morgan fingerprint density at radius 3 is 2.15 bits per heavy atom. The third-order valence-electron chi connectivity index (χ3n) is 3.93. The number of hydroxylamine groups is 2. The van der Waals surface area contributed by atoms with Gasteiger partial charge >= 0.3 is 5.97 Å². The predicted molar refractivity (Wildman–Crippen MR) is 91.4 cm³/mol. The summed E-state index contributed by atoms with van der Waals surface area (Å²) in [7, 11) is 0. The molecule has 4 rings (SSSR count). The number of H-pyrrole nitrogens is 1. The Labute approximate surface area is 152 Å². The first-order valence-electron chi connectivity index (χ1n) is 7.56. The van der Waals surface area contributed by atoms with Crippen molar-refractivity contribution in [1.82, 2.24) is 15.3 Å². The van der Waals surface area contributed by atoms with Crippen LogP contribution < -0.4 is 0 Å². The van der Waals surface area contributed by atoms with Crippen LogP contribution in [0.1, 0.15) is 31.1 Å². The van der Waals surface area contributed by atoms with Gasteiger partial charge in [0.15, 0.2) is 0 Å². The molecule has 2 aromatic carbocycles. The highest BCUT2D eigenvalue weighted by Crippen LogP contribution is 2.30. The quantitative estimate of drug-likeness (QED) is 0.718. The average Bonchev–Trinajstić information content (AvgIpc) is 3.22. The number of halogens is 1. The van der Waals surface area contributed by atoms with E-state index in [0.717, 1.165) is 0 Å². The summed E-state index contributed by atoms with van der Waals surface area (Å²) in [5, 5.41) is 7.39. The number of hydrogen-bond donors (Lipinski definition) is 1. The monoisotopic (exact) mass is 367 g/mol. The number of aromatic amines is 1. The van der Waals surface area contributed by atoms with Crippen molar-refractivity contribution >= 4 is 29.4 Å². The Bertz CT molecular complexity index is 1020. The molecule has 0 radical (unpaired) electrons. The number of amides is 2. The van der Waals surface area contributed by atoms with Crippen LogP contribution in [0.15, 0.2) is 54.7 Å². The number of rotatable bonds is 3. The van der Waals surface area contributed by atoms with Crippen molar-refractivity contribution in [3.05, 3.63) is 76.4 Å². The number of hydrogen-bond acceptors (Lipinski definition) is 5. The molecule has 0 bridgehead atoms. The number of carbonyl (C=O) groups is 3. The van der Waals surface area contributed by atoms with Crippen LogP contribution >= 0.6 is 11.6 Å². The van der Waals surface area contributed by atoms with E-state index in [2.05, 4.69) is 10.2 Å². The lowest BCUT2D eigenvalue weighted by Crippen LogP contribution is -2.32. The van der Waals surface area contributed by atoms with Crippen LogP contribution in [-0.2, 0) is 4.84 Å². The van der Waals surface area contributed by atoms with Crippen LogP contribution in [0.5, 0.6) is 0 Å². The molecule has 0 aliphatic carbocycles. The molecule has 2 amide bonds. The Morgan fingerprint density at radius 2 is 1.54 bits per heavy atom. The van der Waals surface area contributed by atoms with Gasteiger partial charge < -0.3 is 4.84 Å². The average molecular weight is 368 g/mol. The fraction of sp³-hybridized carbons (Fsp3) is 0. The van der Waals surface area contributed by atoms with E-state index in [1.807, 2.05) is 0 Å². The molecule has 1 aromatic heterocycles. The standard InChI is InChI=1S/C18H10ClN3O4/c19-14-8-4-3-7-12(14)15-13(9-20-21-15)18(25)26-22-16(23)10-5-1-2-6-11(10)17(22)24/h1-9H,(H,20,21). The van der Waals surface area contributed by atoms with Gasteiger partial charge in [-0.15, -0.1) is 0 Å². The third kappa shape index (κ3) is 2.46. The summed E-state index contributed by atoms with van der Waals surface area (Å²) in [6.45, 7) is 0. The minimum absolute atomic E-state index is 0.0506. The lowest BCUT2D eigenvalue weighted by molar-refractivity contribution is -0.0584. The SMILES string of the molecule is O=C(ON1C(=O)c2ccccc2C1=O)c1cn[nH]c1-c1ccccc1Cl. The number of nitrogens with zero attached hydrogens (tertiary/aromatic N) is 2. The van der Waals surface area contributed by atoms with Crippen molar-refractivity contribution < 1.29 is 19.2 Å². The number of imide groups is 1. The van der Waals surface area contributed by atoms with Crippen molar-refractivity contribution in [3.8, 4) is 11.3 Å². The lowest BCUT2D eigenvalue weighted by Gasteiger charge is -2.12. The summed E-state index contributed by atoms with van der Waals surface area (Å²) >= 11 is 6.15. The van der Waals surface area contributed by atoms with Crippen LogP contribution in [0.3, 0.4) is 0 Å². The molecular formula is C18H10ClN3O4. The van der Waals surface area contributed by atoms with Crippen LogP contribution in [-0.4, -0.2) is 33.0 Å². The number of carbonyl (C=O) groups excluding carboxylic acids is 3. The van der Waals surface area contributed by atoms with Gasteiger partial charge in [-0.3, -0.25) is 14.7 Å². The maximum atomic E-state index is 12.5. The minimum atomic E-state index is -0.900. The summed E-state index contributed by atoms with van der Waals surface area (Å²) in [6, 6.07) is 13.1. The van der Waals surface area contributed by atoms with E-state index >= 15 is 0 Å². The van der Waals surface area contributed by atoms with Crippen molar-refractivity contribution in [3.63, 3.8) is 0 Å². The second-order valence-electron chi connectivity index (χ2n) is 5.47. The largest absolute Gasteiger partial charge is 0.367 e. The van der Waals surface area contributed by atoms with E-state index in [4.69, 9.17) is 16.4 Å². The zero-order chi connectivity index (χ0) is 18.3. The van der Waals surface area contributed by atoms with Gasteiger partial charge in [0, 0.05) is 10.6 Å². The van der Waals surface area contributed by atoms with E-state index in [1.54, 1.807) is 36.4 Å². The highest BCUT2D eigenvalue weighted by Gasteiger charge is 2.39. The van der Waals surface area contributed by atoms with Crippen molar-refractivity contribution in [2.24, 2.45) is 0 Å². The Kier molecular flexibility index (Phi) is 3.78. The molecular weight excluding hydrogens is 358 g/mol. The number of nitrogens with one attached hydrogen (secondary N) is 1. The van der Waals surface area contributed by atoms with Crippen molar-refractivity contribution in [2.75, 3.05) is 0 Å². The van der Waals surface area contributed by atoms with Gasteiger partial charge in [0.05, 0.1) is 23.0 Å². The molecule has 0 saturated carbocycles. The molecule has 0 atom stereocenters. The van der Waals surface area contributed by atoms with Gasteiger partial charge in [-0.25, -0.2) is 4.79 Å². The second kappa shape index (κ2) is 6.12. The first-order valence-corrected chi connectivity index (χ1v) is 7.94. The molecule has 1 N–H and O–H groups in total. The predicted octanol–water partition coefficient (Wildman–Crippen LogP) is 3.10. The van der Waals surface area contributed by atoms with Gasteiger partial charge in [0.25, 0.3) is 11.8 Å². The normalized spacial score (nSPS) is 13.0. The zero-order valence-corrected chi connectivity index (χ0v) is 13.9. The van der Waals surface area contributed by atoms with Crippen LogP contribution in [0.4, 0.5) is 0 Å². The number of benzene rings is 2. The molecule has 8 heteroatoms. The maximum Gasteiger partial charge on any atom is 0.367 e. The molecule has 0 saturated heterocycles. The van der Waals surface area contributed by atoms with Gasteiger partial charge in [0.2, 0.25) is 0 Å². The molecule has 1 aliphatic rings. The van der Waals surface area contributed by atoms with Gasteiger partial charge in [-0.2, -0.15) is 5.10 Å². The van der Waals surface area contributed by atoms with E-state index in [0.29, 0.717) is 21.3 Å². The summed E-state index contributed by atoms with van der Waals surface area (Å²) < 4.78 is 0. The van der Waals surface area contributed by atoms with E-state index < -0.39 is 17.8 Å². The molecule has 128 valence electrons. The molecule has 1 aliphatic heterocycles. The highest BCUT2D eigenvalue weighted by molar-refractivity contribution is 6.33. The first kappa shape index (κ1) is 16.0. The fourth-order valence-electron chi connectivity index (χ4n) is 2.69. The van der Waals surface area contributed by atoms with Gasteiger partial charge in [0.1, 0.15) is 5.56 Å². The van der Waals surface area contributed by atoms with Crippen molar-refractivity contribution in [1.29, 1.82) is 0 Å². The number of fused-ring (bicyclic) bond motifs is 1. The van der Waals surface area contributed by atoms with Gasteiger partial charge in [-0.05, 0) is 18.2 Å². The molecule has 3 aromatic rings. The Hall–Kier alpha value is -3.45. The molecule has 7 nitrogen and oxygen atoms in total. The topological polar surface area (TPSA) is 92.4 Å². The molecule has 0 spiro atoms. The summed E-state index contributed by atoms with van der Waals surface area (Å²) in [4.78, 5) is 42.2. The maximum absolute atomic E-state index is 12.5. The van der Waals surface area contributed by atoms with E-state index in [9.17, 15) is 14.4 Å². The molecule has 2 heterocycles. The van der Waals surface area contributed by atoms with E-state index in [-0.39, 0.29) is 16.7 Å². The molecule has 26 heavy (non-hydrogen) atoms. The Balaban J connectivity index is 1.64. The first-order chi connectivity index (χ1) is 12.6. The summed E-state index contributed by atoms with van der Waals surface area (Å²) in [5.41, 5.74) is 1.29. The molecule has 0 unspecified atom stereocenters. The van der Waals surface area contributed by atoms with Crippen LogP contribution in [0, 0.1) is 0 Å². The minimum Gasteiger partial charge on any atom is -0.324 e. The highest BCUT2D eigenvalue weighted by atomic mass is 35.5. The smallest absolute Gasteiger partial charge is 0.324 e. The third-order valence-corrected chi connectivity index (χ3v) is 4.26. The number of aromatic nitrogens is 2. The van der Waals surface area contributed by atoms with E-state index in [1.165, 1.54) is 18.3 Å². The summed E-state index contributed by atoms with van der Waals surface area (Å²) in [6.07, 6.45) is 1.25. The van der Waals surface area contributed by atoms with Gasteiger partial charge in [-0.1, -0.05) is 47.0 Å². The lowest BCUT2D eigenvalue weighted by atomic mass is 10.1. The van der Waals surface area contributed by atoms with Crippen molar-refractivity contribution in [2.45, 2.75) is 0 Å². The fourth-order valence-corrected chi connectivity index (χ4v) is 2.92. The molecule has 0 fully saturated rings. The van der Waals surface area contributed by atoms with Crippen LogP contribution in [0.25, 0.3) is 11.3 Å². The summed E-state index contributed by atoms with van der Waals surface area (Å²) in [5.74, 6) is -2.29. The Morgan fingerprint density at radius 1 is 0.962 bits per heavy atom.